The molecule has 1 atom stereocenters. The molecule has 0 saturated carbocycles. The first-order valence-electron chi connectivity index (χ1n) is 19.9. The van der Waals surface area contributed by atoms with Gasteiger partial charge in [0.25, 0.3) is 0 Å². The SMILES string of the molecule is CCCCCCCCCCCOC(=O)CCCCCC(CCCCCCCC(=O)OCCCCC(CCCC)CCCC)N=C=S. The van der Waals surface area contributed by atoms with Crippen LogP contribution in [0.1, 0.15) is 213 Å². The van der Waals surface area contributed by atoms with E-state index in [2.05, 4.69) is 30.9 Å². The van der Waals surface area contributed by atoms with Gasteiger partial charge in [-0.3, -0.25) is 9.59 Å². The van der Waals surface area contributed by atoms with Crippen LogP contribution in [0.5, 0.6) is 0 Å². The van der Waals surface area contributed by atoms with E-state index in [0.717, 1.165) is 89.4 Å². The molecule has 0 aromatic carbocycles. The summed E-state index contributed by atoms with van der Waals surface area (Å²) in [5.74, 6) is 0.773. The molecule has 1 unspecified atom stereocenters. The quantitative estimate of drug-likeness (QED) is 0.0288. The number of rotatable bonds is 36. The lowest BCUT2D eigenvalue weighted by molar-refractivity contribution is -0.144. The van der Waals surface area contributed by atoms with Crippen molar-refractivity contribution in [3.8, 4) is 0 Å². The number of carbonyl (C=O) groups excluding carboxylic acids is 2. The summed E-state index contributed by atoms with van der Waals surface area (Å²) in [5.41, 5.74) is 0. The van der Waals surface area contributed by atoms with E-state index in [4.69, 9.17) is 21.7 Å². The first-order chi connectivity index (χ1) is 22.6. The Balaban J connectivity index is 3.69. The van der Waals surface area contributed by atoms with Crippen molar-refractivity contribution in [2.45, 2.75) is 219 Å². The van der Waals surface area contributed by atoms with Crippen LogP contribution in [-0.2, 0) is 19.1 Å². The van der Waals surface area contributed by atoms with E-state index >= 15 is 0 Å². The Labute approximate surface area is 291 Å². The van der Waals surface area contributed by atoms with E-state index in [0.29, 0.717) is 26.1 Å². The van der Waals surface area contributed by atoms with E-state index < -0.39 is 0 Å². The fourth-order valence-electron chi connectivity index (χ4n) is 6.24. The molecule has 0 aliphatic heterocycles. The number of nitrogens with zero attached hydrogens (tertiary/aromatic N) is 1. The number of esters is 2. The molecule has 0 fully saturated rings. The van der Waals surface area contributed by atoms with Crippen molar-refractivity contribution in [1.29, 1.82) is 0 Å². The van der Waals surface area contributed by atoms with Gasteiger partial charge in [0.1, 0.15) is 0 Å². The number of ether oxygens (including phenoxy) is 2. The van der Waals surface area contributed by atoms with Gasteiger partial charge in [0, 0.05) is 12.8 Å². The molecular formula is C40H75NO4S. The Bertz CT molecular complexity index is 716. The second-order valence-corrected chi connectivity index (χ2v) is 13.9. The molecule has 0 rings (SSSR count). The Morgan fingerprint density at radius 3 is 1.37 bits per heavy atom. The molecule has 0 aromatic heterocycles. The molecule has 0 radical (unpaired) electrons. The zero-order valence-corrected chi connectivity index (χ0v) is 31.6. The minimum Gasteiger partial charge on any atom is -0.466 e. The van der Waals surface area contributed by atoms with Gasteiger partial charge in [-0.15, -0.1) is 0 Å². The number of isothiocyanates is 1. The molecule has 0 saturated heterocycles. The highest BCUT2D eigenvalue weighted by molar-refractivity contribution is 7.78. The molecule has 6 heteroatoms. The molecule has 0 amide bonds. The van der Waals surface area contributed by atoms with Gasteiger partial charge >= 0.3 is 11.9 Å². The maximum Gasteiger partial charge on any atom is 0.305 e. The van der Waals surface area contributed by atoms with Crippen molar-refractivity contribution >= 4 is 29.3 Å². The van der Waals surface area contributed by atoms with Gasteiger partial charge in [0.05, 0.1) is 24.4 Å². The van der Waals surface area contributed by atoms with Gasteiger partial charge in [-0.1, -0.05) is 156 Å². The third kappa shape index (κ3) is 32.7. The molecule has 270 valence electrons. The van der Waals surface area contributed by atoms with Crippen LogP contribution in [-0.4, -0.2) is 36.4 Å². The lowest BCUT2D eigenvalue weighted by atomic mass is 9.91. The lowest BCUT2D eigenvalue weighted by Crippen LogP contribution is -2.07. The van der Waals surface area contributed by atoms with Crippen molar-refractivity contribution in [2.75, 3.05) is 13.2 Å². The van der Waals surface area contributed by atoms with Crippen molar-refractivity contribution in [3.05, 3.63) is 0 Å². The van der Waals surface area contributed by atoms with Crippen molar-refractivity contribution in [2.24, 2.45) is 10.9 Å². The van der Waals surface area contributed by atoms with Gasteiger partial charge in [-0.05, 0) is 63.1 Å². The van der Waals surface area contributed by atoms with Crippen LogP contribution < -0.4 is 0 Å². The number of thiocarbonyl (C=S) groups is 1. The Hall–Kier alpha value is -1.26. The summed E-state index contributed by atoms with van der Waals surface area (Å²) in [5, 5.41) is 2.58. The molecule has 0 aromatic rings. The summed E-state index contributed by atoms with van der Waals surface area (Å²) < 4.78 is 10.9. The Morgan fingerprint density at radius 2 is 0.870 bits per heavy atom. The van der Waals surface area contributed by atoms with Crippen LogP contribution in [0.3, 0.4) is 0 Å². The third-order valence-corrected chi connectivity index (χ3v) is 9.39. The smallest absolute Gasteiger partial charge is 0.305 e. The fourth-order valence-corrected chi connectivity index (χ4v) is 6.39. The van der Waals surface area contributed by atoms with Crippen LogP contribution in [0.25, 0.3) is 0 Å². The molecule has 5 nitrogen and oxygen atoms in total. The summed E-state index contributed by atoms with van der Waals surface area (Å²) in [6.45, 7) is 7.96. The highest BCUT2D eigenvalue weighted by atomic mass is 32.1. The molecule has 0 aliphatic carbocycles. The normalized spacial score (nSPS) is 11.8. The Kier molecular flexibility index (Phi) is 35.6. The zero-order chi connectivity index (χ0) is 33.8. The molecule has 0 bridgehead atoms. The average Bonchev–Trinajstić information content (AvgIpc) is 3.05. The van der Waals surface area contributed by atoms with E-state index in [1.807, 2.05) is 0 Å². The van der Waals surface area contributed by atoms with Crippen molar-refractivity contribution < 1.29 is 19.1 Å². The maximum absolute atomic E-state index is 12.1. The minimum atomic E-state index is -0.0506. The first-order valence-corrected chi connectivity index (χ1v) is 20.4. The molecule has 0 heterocycles. The van der Waals surface area contributed by atoms with Gasteiger partial charge < -0.3 is 9.47 Å². The number of aliphatic imine (C=N–C) groups is 1. The van der Waals surface area contributed by atoms with E-state index in [1.54, 1.807) is 0 Å². The molecule has 0 N–H and O–H groups in total. The van der Waals surface area contributed by atoms with Gasteiger partial charge in [-0.25, -0.2) is 4.99 Å². The van der Waals surface area contributed by atoms with Gasteiger partial charge in [0.2, 0.25) is 0 Å². The first kappa shape index (κ1) is 44.7. The second kappa shape index (κ2) is 36.6. The standard InChI is InChI=1S/C40H75NO4S/c1-4-7-10-11-12-13-14-18-25-34-44-40(43)33-23-19-21-31-38(41-36-46)30-20-16-15-17-22-32-39(42)45-35-26-24-29-37(27-8-5-2)28-9-6-3/h37-38H,4-35H2,1-3H3. The lowest BCUT2D eigenvalue weighted by Gasteiger charge is -2.16. The second-order valence-electron chi connectivity index (χ2n) is 13.7. The van der Waals surface area contributed by atoms with Crippen LogP contribution in [0.4, 0.5) is 0 Å². The summed E-state index contributed by atoms with van der Waals surface area (Å²) in [6.07, 6.45) is 34.3. The summed E-state index contributed by atoms with van der Waals surface area (Å²) >= 11 is 4.88. The number of unbranched alkanes of at least 4 members (excludes halogenated alkanes) is 17. The number of hydrogen-bond donors (Lipinski definition) is 0. The molecule has 0 spiro atoms. The third-order valence-electron chi connectivity index (χ3n) is 9.28. The number of hydrogen-bond acceptors (Lipinski definition) is 6. The monoisotopic (exact) mass is 666 g/mol. The highest BCUT2D eigenvalue weighted by Crippen LogP contribution is 2.22. The number of carbonyl (C=O) groups is 2. The summed E-state index contributed by atoms with van der Waals surface area (Å²) in [6, 6.07) is 0.236. The molecule has 46 heavy (non-hydrogen) atoms. The summed E-state index contributed by atoms with van der Waals surface area (Å²) in [4.78, 5) is 28.5. The predicted molar refractivity (Wildman–Crippen MR) is 200 cm³/mol. The van der Waals surface area contributed by atoms with Crippen molar-refractivity contribution in [3.63, 3.8) is 0 Å². The topological polar surface area (TPSA) is 65.0 Å². The Morgan fingerprint density at radius 1 is 0.500 bits per heavy atom. The summed E-state index contributed by atoms with van der Waals surface area (Å²) in [7, 11) is 0. The van der Waals surface area contributed by atoms with E-state index in [1.165, 1.54) is 96.3 Å². The fraction of sp³-hybridized carbons (Fsp3) is 0.925. The van der Waals surface area contributed by atoms with Crippen LogP contribution in [0.15, 0.2) is 4.99 Å². The van der Waals surface area contributed by atoms with Crippen LogP contribution in [0.2, 0.25) is 0 Å². The zero-order valence-electron chi connectivity index (χ0n) is 30.8. The van der Waals surface area contributed by atoms with E-state index in [9.17, 15) is 9.59 Å². The van der Waals surface area contributed by atoms with Crippen molar-refractivity contribution in [1.82, 2.24) is 0 Å². The maximum atomic E-state index is 12.1. The average molecular weight is 666 g/mol. The van der Waals surface area contributed by atoms with Crippen LogP contribution >= 0.6 is 12.2 Å². The van der Waals surface area contributed by atoms with Crippen LogP contribution in [0, 0.1) is 5.92 Å². The highest BCUT2D eigenvalue weighted by Gasteiger charge is 2.10. The predicted octanol–water partition coefficient (Wildman–Crippen LogP) is 12.9. The minimum absolute atomic E-state index is 0.0315. The molecule has 0 aliphatic rings. The largest absolute Gasteiger partial charge is 0.466 e. The van der Waals surface area contributed by atoms with E-state index in [-0.39, 0.29) is 18.0 Å². The molecular weight excluding hydrogens is 591 g/mol. The van der Waals surface area contributed by atoms with Gasteiger partial charge in [0.15, 0.2) is 0 Å². The van der Waals surface area contributed by atoms with Gasteiger partial charge in [-0.2, -0.15) is 0 Å².